The van der Waals surface area contributed by atoms with Crippen molar-refractivity contribution in [2.75, 3.05) is 21.3 Å². The third-order valence-corrected chi connectivity index (χ3v) is 5.99. The fourth-order valence-corrected chi connectivity index (χ4v) is 4.33. The largest absolute Gasteiger partial charge is 0.504 e. The smallest absolute Gasteiger partial charge is 0.170 e. The van der Waals surface area contributed by atoms with Crippen molar-refractivity contribution >= 4 is 18.9 Å². The molecule has 198 valence electrons. The van der Waals surface area contributed by atoms with Gasteiger partial charge in [-0.15, -0.1) is 10.2 Å². The third kappa shape index (κ3) is 4.33. The number of aromatic hydroxyl groups is 3. The Bertz CT molecular complexity index is 1540. The van der Waals surface area contributed by atoms with E-state index in [4.69, 9.17) is 14.2 Å². The Hall–Kier alpha value is -5.52. The minimum absolute atomic E-state index is 0.000459. The Morgan fingerprint density at radius 2 is 0.872 bits per heavy atom. The number of phenolic OH excluding ortho intramolecular Hbond substituents is 3. The van der Waals surface area contributed by atoms with E-state index in [1.807, 2.05) is 0 Å². The van der Waals surface area contributed by atoms with Gasteiger partial charge in [-0.2, -0.15) is 0 Å². The van der Waals surface area contributed by atoms with Crippen molar-refractivity contribution in [3.05, 3.63) is 53.1 Å². The van der Waals surface area contributed by atoms with Crippen molar-refractivity contribution in [2.45, 2.75) is 0 Å². The van der Waals surface area contributed by atoms with E-state index in [9.17, 15) is 29.7 Å². The standard InChI is InChI=1S/C27H21N3O9/c1-37-25-16(34)7-4-13(10-31)19(25)22-23(20-14(11-32)5-8-17(35)26(20)38-2)28-30-29-24(22)21-15(12-33)6-9-18(36)27(21)39-3/h4-12,34-36H,1-3H3. The third-order valence-electron chi connectivity index (χ3n) is 5.99. The lowest BCUT2D eigenvalue weighted by atomic mass is 9.88. The van der Waals surface area contributed by atoms with Crippen molar-refractivity contribution < 1.29 is 43.9 Å². The molecule has 0 aliphatic rings. The lowest BCUT2D eigenvalue weighted by Gasteiger charge is -2.21. The van der Waals surface area contributed by atoms with E-state index in [1.54, 1.807) is 0 Å². The number of methoxy groups -OCH3 is 3. The van der Waals surface area contributed by atoms with Crippen LogP contribution >= 0.6 is 0 Å². The number of phenols is 3. The number of carbonyl (C=O) groups excluding carboxylic acids is 3. The van der Waals surface area contributed by atoms with E-state index >= 15 is 0 Å². The summed E-state index contributed by atoms with van der Waals surface area (Å²) in [6.07, 6.45) is 1.48. The molecule has 0 spiro atoms. The maximum Gasteiger partial charge on any atom is 0.170 e. The highest BCUT2D eigenvalue weighted by Crippen LogP contribution is 2.51. The highest BCUT2D eigenvalue weighted by molar-refractivity contribution is 6.06. The minimum atomic E-state index is -0.358. The van der Waals surface area contributed by atoms with Crippen molar-refractivity contribution in [3.63, 3.8) is 0 Å². The molecule has 12 nitrogen and oxygen atoms in total. The Morgan fingerprint density at radius 1 is 0.538 bits per heavy atom. The summed E-state index contributed by atoms with van der Waals surface area (Å²) in [5, 5.41) is 43.8. The zero-order chi connectivity index (χ0) is 28.3. The number of nitrogens with zero attached hydrogens (tertiary/aromatic N) is 3. The fourth-order valence-electron chi connectivity index (χ4n) is 4.33. The summed E-state index contributed by atoms with van der Waals surface area (Å²) in [5.41, 5.74) is -0.400. The summed E-state index contributed by atoms with van der Waals surface area (Å²) in [4.78, 5) is 36.5. The molecule has 3 N–H and O–H groups in total. The first-order chi connectivity index (χ1) is 18.9. The molecule has 0 aliphatic carbocycles. The molecule has 4 aromatic rings. The monoisotopic (exact) mass is 531 g/mol. The van der Waals surface area contributed by atoms with Crippen LogP contribution in [0.25, 0.3) is 33.6 Å². The molecule has 1 aromatic heterocycles. The second-order valence-electron chi connectivity index (χ2n) is 7.96. The SMILES string of the molecule is COc1c(O)ccc(C=O)c1-c1nnnc(-c2c(C=O)ccc(O)c2OC)c1-c1c(C=O)ccc(O)c1OC. The van der Waals surface area contributed by atoms with E-state index in [0.717, 1.165) is 0 Å². The van der Waals surface area contributed by atoms with Gasteiger partial charge in [-0.1, -0.05) is 0 Å². The average Bonchev–Trinajstić information content (AvgIpc) is 2.96. The number of ether oxygens (including phenoxy) is 3. The van der Waals surface area contributed by atoms with Crippen LogP contribution in [-0.2, 0) is 0 Å². The molecule has 1 heterocycles. The van der Waals surface area contributed by atoms with E-state index in [1.165, 1.54) is 57.7 Å². The van der Waals surface area contributed by atoms with Crippen molar-refractivity contribution in [2.24, 2.45) is 0 Å². The van der Waals surface area contributed by atoms with Gasteiger partial charge in [0.2, 0.25) is 0 Å². The summed E-state index contributed by atoms with van der Waals surface area (Å²) >= 11 is 0. The highest BCUT2D eigenvalue weighted by atomic mass is 16.5. The molecule has 39 heavy (non-hydrogen) atoms. The van der Waals surface area contributed by atoms with Gasteiger partial charge in [0.25, 0.3) is 0 Å². The van der Waals surface area contributed by atoms with Gasteiger partial charge in [0.15, 0.2) is 53.4 Å². The topological polar surface area (TPSA) is 178 Å². The number of carbonyl (C=O) groups is 3. The molecule has 4 rings (SSSR count). The quantitative estimate of drug-likeness (QED) is 0.268. The Kier molecular flexibility index (Phi) is 7.38. The van der Waals surface area contributed by atoms with Gasteiger partial charge in [-0.3, -0.25) is 14.4 Å². The van der Waals surface area contributed by atoms with Gasteiger partial charge < -0.3 is 29.5 Å². The first kappa shape index (κ1) is 26.5. The molecule has 0 saturated heterocycles. The molecule has 0 amide bonds. The van der Waals surface area contributed by atoms with Crippen LogP contribution in [0.3, 0.4) is 0 Å². The molecule has 3 aromatic carbocycles. The number of benzene rings is 3. The molecule has 0 fully saturated rings. The van der Waals surface area contributed by atoms with Gasteiger partial charge in [0.05, 0.1) is 32.5 Å². The van der Waals surface area contributed by atoms with Gasteiger partial charge >= 0.3 is 0 Å². The van der Waals surface area contributed by atoms with E-state index in [-0.39, 0.29) is 84.8 Å². The summed E-state index contributed by atoms with van der Waals surface area (Å²) in [7, 11) is 3.78. The van der Waals surface area contributed by atoms with Gasteiger partial charge in [0.1, 0.15) is 11.4 Å². The zero-order valence-electron chi connectivity index (χ0n) is 20.8. The van der Waals surface area contributed by atoms with Crippen molar-refractivity contribution in [1.82, 2.24) is 15.4 Å². The molecular formula is C27H21N3O9. The van der Waals surface area contributed by atoms with Crippen LogP contribution < -0.4 is 14.2 Å². The summed E-state index contributed by atoms with van der Waals surface area (Å²) in [6.45, 7) is 0. The Balaban J connectivity index is 2.35. The first-order valence-electron chi connectivity index (χ1n) is 11.2. The molecular weight excluding hydrogens is 510 g/mol. The molecule has 0 atom stereocenters. The van der Waals surface area contributed by atoms with Crippen LogP contribution in [0, 0.1) is 0 Å². The van der Waals surface area contributed by atoms with Crippen LogP contribution in [0.15, 0.2) is 36.4 Å². The van der Waals surface area contributed by atoms with E-state index < -0.39 is 0 Å². The highest BCUT2D eigenvalue weighted by Gasteiger charge is 2.31. The Morgan fingerprint density at radius 3 is 1.21 bits per heavy atom. The van der Waals surface area contributed by atoms with E-state index in [0.29, 0.717) is 18.9 Å². The molecule has 0 radical (unpaired) electrons. The maximum atomic E-state index is 12.2. The van der Waals surface area contributed by atoms with Crippen LogP contribution in [-0.4, -0.2) is 70.9 Å². The summed E-state index contributed by atoms with van der Waals surface area (Å²) < 4.78 is 16.2. The van der Waals surface area contributed by atoms with Gasteiger partial charge in [-0.05, 0) is 41.6 Å². The average molecular weight is 531 g/mol. The molecule has 0 unspecified atom stereocenters. The minimum Gasteiger partial charge on any atom is -0.504 e. The second-order valence-corrected chi connectivity index (χ2v) is 7.96. The summed E-state index contributed by atoms with van der Waals surface area (Å²) in [5.74, 6) is -1.52. The number of hydrogen-bond donors (Lipinski definition) is 3. The number of hydrogen-bond acceptors (Lipinski definition) is 12. The van der Waals surface area contributed by atoms with Crippen molar-refractivity contribution in [1.29, 1.82) is 0 Å². The van der Waals surface area contributed by atoms with Crippen LogP contribution in [0.2, 0.25) is 0 Å². The molecule has 0 bridgehead atoms. The predicted octanol–water partition coefficient (Wildman–Crippen LogP) is 3.45. The lowest BCUT2D eigenvalue weighted by Crippen LogP contribution is -2.07. The maximum absolute atomic E-state index is 12.2. The predicted molar refractivity (Wildman–Crippen MR) is 137 cm³/mol. The fraction of sp³-hybridized carbons (Fsp3) is 0.111. The number of aldehydes is 3. The Labute approximate surface area is 221 Å². The van der Waals surface area contributed by atoms with Crippen LogP contribution in [0.5, 0.6) is 34.5 Å². The lowest BCUT2D eigenvalue weighted by molar-refractivity contribution is 0.111. The van der Waals surface area contributed by atoms with Gasteiger partial charge in [-0.25, -0.2) is 0 Å². The molecule has 0 aliphatic heterocycles. The van der Waals surface area contributed by atoms with Gasteiger partial charge in [0, 0.05) is 27.8 Å². The number of rotatable bonds is 9. The van der Waals surface area contributed by atoms with Crippen molar-refractivity contribution in [3.8, 4) is 68.1 Å². The normalized spacial score (nSPS) is 10.5. The van der Waals surface area contributed by atoms with Crippen LogP contribution in [0.4, 0.5) is 0 Å². The molecule has 0 saturated carbocycles. The second kappa shape index (κ2) is 10.8. The first-order valence-corrected chi connectivity index (χ1v) is 11.2. The number of aromatic nitrogens is 3. The van der Waals surface area contributed by atoms with Crippen LogP contribution in [0.1, 0.15) is 31.1 Å². The summed E-state index contributed by atoms with van der Waals surface area (Å²) in [6, 6.07) is 7.68. The zero-order valence-corrected chi connectivity index (χ0v) is 20.8. The molecule has 12 heteroatoms. The van der Waals surface area contributed by atoms with E-state index in [2.05, 4.69) is 15.4 Å².